The second kappa shape index (κ2) is 6.84. The van der Waals surface area contributed by atoms with Gasteiger partial charge < -0.3 is 0 Å². The number of benzene rings is 3. The molecule has 0 saturated carbocycles. The first-order chi connectivity index (χ1) is 12.8. The maximum absolute atomic E-state index is 4.99. The number of hydrogen-bond donors (Lipinski definition) is 0. The molecule has 4 heteroatoms. The molecule has 0 bridgehead atoms. The Morgan fingerprint density at radius 2 is 1.19 bits per heavy atom. The zero-order valence-electron chi connectivity index (χ0n) is 14.9. The molecule has 0 fully saturated rings. The predicted octanol–water partition coefficient (Wildman–Crippen LogP) is 3.69. The molecule has 0 unspecified atom stereocenters. The van der Waals surface area contributed by atoms with Crippen LogP contribution in [0.5, 0.6) is 0 Å². The number of para-hydroxylation sites is 1. The number of aromatic nitrogens is 3. The molecule has 0 saturated heterocycles. The van der Waals surface area contributed by atoms with Crippen LogP contribution in [-0.2, 0) is 0 Å². The lowest BCUT2D eigenvalue weighted by atomic mass is 10.2. The Kier molecular flexibility index (Phi) is 4.23. The molecule has 4 nitrogen and oxygen atoms in total. The summed E-state index contributed by atoms with van der Waals surface area (Å²) in [5.41, 5.74) is 3.22. The zero-order chi connectivity index (χ0) is 17.9. The molecule has 26 heavy (non-hydrogen) atoms. The average Bonchev–Trinajstić information content (AvgIpc) is 3.11. The van der Waals surface area contributed by atoms with Crippen molar-refractivity contribution in [1.29, 1.82) is 0 Å². The molecule has 0 aliphatic heterocycles. The summed E-state index contributed by atoms with van der Waals surface area (Å²) in [5, 5.41) is 7.05. The van der Waals surface area contributed by atoms with E-state index in [0.29, 0.717) is 0 Å². The van der Waals surface area contributed by atoms with E-state index in [9.17, 15) is 0 Å². The molecule has 4 aromatic rings. The van der Waals surface area contributed by atoms with E-state index in [4.69, 9.17) is 5.10 Å². The minimum Gasteiger partial charge on any atom is -0.247 e. The van der Waals surface area contributed by atoms with Crippen molar-refractivity contribution in [2.45, 2.75) is 0 Å². The number of nitrogens with zero attached hydrogens (tertiary/aromatic N) is 4. The smallest absolute Gasteiger partial charge is 0.247 e. The van der Waals surface area contributed by atoms with Gasteiger partial charge in [0, 0.05) is 19.7 Å². The summed E-state index contributed by atoms with van der Waals surface area (Å²) in [6, 6.07) is 30.9. The Morgan fingerprint density at radius 1 is 0.692 bits per heavy atom. The highest BCUT2D eigenvalue weighted by molar-refractivity contribution is 5.61. The first-order valence-corrected chi connectivity index (χ1v) is 8.64. The van der Waals surface area contributed by atoms with Crippen LogP contribution in [0.3, 0.4) is 0 Å². The van der Waals surface area contributed by atoms with Gasteiger partial charge in [0.15, 0.2) is 5.69 Å². The molecule has 0 atom stereocenters. The minimum atomic E-state index is 0.901. The van der Waals surface area contributed by atoms with E-state index in [1.807, 2.05) is 61.2 Å². The van der Waals surface area contributed by atoms with Crippen molar-refractivity contribution in [2.75, 3.05) is 19.1 Å². The summed E-state index contributed by atoms with van der Waals surface area (Å²) in [4.78, 5) is 0. The van der Waals surface area contributed by atoms with Gasteiger partial charge in [-0.25, -0.2) is 5.01 Å². The maximum Gasteiger partial charge on any atom is 0.340 e. The van der Waals surface area contributed by atoms with Gasteiger partial charge in [0.1, 0.15) is 0 Å². The second-order valence-electron chi connectivity index (χ2n) is 6.29. The van der Waals surface area contributed by atoms with Crippen molar-refractivity contribution in [3.8, 4) is 28.5 Å². The van der Waals surface area contributed by atoms with Crippen LogP contribution in [0.15, 0.2) is 91.0 Å². The molecule has 1 aromatic heterocycles. The van der Waals surface area contributed by atoms with Crippen molar-refractivity contribution < 1.29 is 4.68 Å². The summed E-state index contributed by atoms with van der Waals surface area (Å²) in [7, 11) is 4.08. The topological polar surface area (TPSA) is 24.9 Å². The van der Waals surface area contributed by atoms with Crippen LogP contribution in [0.25, 0.3) is 28.5 Å². The third kappa shape index (κ3) is 2.86. The van der Waals surface area contributed by atoms with Crippen molar-refractivity contribution >= 4 is 0 Å². The van der Waals surface area contributed by atoms with E-state index in [2.05, 4.69) is 58.2 Å². The van der Waals surface area contributed by atoms with Crippen molar-refractivity contribution in [3.05, 3.63) is 91.0 Å². The van der Waals surface area contributed by atoms with Crippen LogP contribution in [0.4, 0.5) is 0 Å². The summed E-state index contributed by atoms with van der Waals surface area (Å²) >= 11 is 0. The van der Waals surface area contributed by atoms with Gasteiger partial charge in [-0.15, -0.1) is 0 Å². The number of hydrogen-bond acceptors (Lipinski definition) is 2. The quantitative estimate of drug-likeness (QED) is 0.529. The van der Waals surface area contributed by atoms with Crippen LogP contribution in [-0.4, -0.2) is 23.9 Å². The summed E-state index contributed by atoms with van der Waals surface area (Å²) in [6.07, 6.45) is 0. The SMILES string of the molecule is CN(C)n1c(-c2ccccc2)n[n+](-c2ccccc2)c1-c1ccccc1. The van der Waals surface area contributed by atoms with Gasteiger partial charge in [0.05, 0.1) is 5.56 Å². The molecule has 0 spiro atoms. The van der Waals surface area contributed by atoms with Crippen LogP contribution < -0.4 is 9.69 Å². The molecule has 128 valence electrons. The van der Waals surface area contributed by atoms with Crippen LogP contribution in [0.2, 0.25) is 0 Å². The van der Waals surface area contributed by atoms with E-state index < -0.39 is 0 Å². The highest BCUT2D eigenvalue weighted by Crippen LogP contribution is 2.24. The van der Waals surface area contributed by atoms with Gasteiger partial charge in [0.25, 0.3) is 5.82 Å². The van der Waals surface area contributed by atoms with E-state index >= 15 is 0 Å². The van der Waals surface area contributed by atoms with Gasteiger partial charge in [-0.3, -0.25) is 0 Å². The predicted molar refractivity (Wildman–Crippen MR) is 105 cm³/mol. The Bertz CT molecular complexity index is 991. The molecule has 0 aliphatic carbocycles. The molecule has 4 rings (SSSR count). The van der Waals surface area contributed by atoms with Gasteiger partial charge >= 0.3 is 5.82 Å². The zero-order valence-corrected chi connectivity index (χ0v) is 14.9. The lowest BCUT2D eigenvalue weighted by Gasteiger charge is -2.11. The molecule has 3 aromatic carbocycles. The van der Waals surface area contributed by atoms with Crippen molar-refractivity contribution in [1.82, 2.24) is 9.77 Å². The summed E-state index contributed by atoms with van der Waals surface area (Å²) in [5.74, 6) is 1.92. The first kappa shape index (κ1) is 16.1. The van der Waals surface area contributed by atoms with Crippen LogP contribution >= 0.6 is 0 Å². The Morgan fingerprint density at radius 3 is 1.73 bits per heavy atom. The fourth-order valence-electron chi connectivity index (χ4n) is 3.10. The molecule has 0 amide bonds. The molecule has 1 heterocycles. The highest BCUT2D eigenvalue weighted by atomic mass is 15.6. The average molecular weight is 341 g/mol. The first-order valence-electron chi connectivity index (χ1n) is 8.64. The van der Waals surface area contributed by atoms with E-state index in [-0.39, 0.29) is 0 Å². The summed E-state index contributed by atoms with van der Waals surface area (Å²) in [6.45, 7) is 0. The van der Waals surface area contributed by atoms with Gasteiger partial charge in [-0.05, 0) is 41.5 Å². The van der Waals surface area contributed by atoms with E-state index in [1.165, 1.54) is 0 Å². The van der Waals surface area contributed by atoms with Crippen LogP contribution in [0, 0.1) is 0 Å². The van der Waals surface area contributed by atoms with Crippen LogP contribution in [0.1, 0.15) is 0 Å². The van der Waals surface area contributed by atoms with Gasteiger partial charge in [-0.1, -0.05) is 64.0 Å². The van der Waals surface area contributed by atoms with E-state index in [0.717, 1.165) is 28.5 Å². The van der Waals surface area contributed by atoms with Gasteiger partial charge in [0.2, 0.25) is 0 Å². The number of rotatable bonds is 4. The molecular formula is C22H21N4+. The standard InChI is InChI=1S/C22H21N4/c1-24(2)26-21(18-12-6-3-7-13-18)23-25(20-16-10-5-11-17-20)22(26)19-14-8-4-9-15-19/h3-17H,1-2H3/q+1. The maximum atomic E-state index is 4.99. The fraction of sp³-hybridized carbons (Fsp3) is 0.0909. The highest BCUT2D eigenvalue weighted by Gasteiger charge is 2.30. The van der Waals surface area contributed by atoms with E-state index in [1.54, 1.807) is 0 Å². The fourth-order valence-corrected chi connectivity index (χ4v) is 3.10. The molecule has 0 N–H and O–H groups in total. The molecule has 0 aliphatic rings. The molecule has 0 radical (unpaired) electrons. The second-order valence-corrected chi connectivity index (χ2v) is 6.29. The monoisotopic (exact) mass is 341 g/mol. The Balaban J connectivity index is 2.05. The normalized spacial score (nSPS) is 10.7. The molecular weight excluding hydrogens is 320 g/mol. The largest absolute Gasteiger partial charge is 0.340 e. The summed E-state index contributed by atoms with van der Waals surface area (Å²) < 4.78 is 4.16. The third-order valence-electron chi connectivity index (χ3n) is 4.26. The van der Waals surface area contributed by atoms with Gasteiger partial charge in [-0.2, -0.15) is 0 Å². The van der Waals surface area contributed by atoms with Crippen molar-refractivity contribution in [3.63, 3.8) is 0 Å². The Labute approximate surface area is 153 Å². The van der Waals surface area contributed by atoms with Crippen molar-refractivity contribution in [2.24, 2.45) is 0 Å². The lowest BCUT2D eigenvalue weighted by Crippen LogP contribution is -2.37. The Hall–Kier alpha value is -3.40. The third-order valence-corrected chi connectivity index (χ3v) is 4.26. The minimum absolute atomic E-state index is 0.901. The lowest BCUT2D eigenvalue weighted by molar-refractivity contribution is -0.645.